The van der Waals surface area contributed by atoms with E-state index in [1.807, 2.05) is 6.92 Å². The fourth-order valence-electron chi connectivity index (χ4n) is 4.18. The van der Waals surface area contributed by atoms with Crippen LogP contribution >= 0.6 is 0 Å². The quantitative estimate of drug-likeness (QED) is 0.443. The third-order valence-electron chi connectivity index (χ3n) is 5.23. The Hall–Kier alpha value is -0.900. The minimum absolute atomic E-state index is 0.130. The molecule has 2 aliphatic carbocycles. The first-order valence-electron chi connectivity index (χ1n) is 8.31. The van der Waals surface area contributed by atoms with E-state index < -0.39 is 6.04 Å². The zero-order valence-electron chi connectivity index (χ0n) is 13.6. The van der Waals surface area contributed by atoms with Crippen molar-refractivity contribution in [1.82, 2.24) is 0 Å². The monoisotopic (exact) mass is 295 g/mol. The van der Waals surface area contributed by atoms with Crippen LogP contribution in [0.3, 0.4) is 0 Å². The van der Waals surface area contributed by atoms with Gasteiger partial charge in [-0.1, -0.05) is 26.0 Å². The Balaban J connectivity index is 1.98. The van der Waals surface area contributed by atoms with Gasteiger partial charge in [0.15, 0.2) is 0 Å². The molecule has 0 amide bonds. The number of rotatable bonds is 4. The maximum absolute atomic E-state index is 11.4. The maximum atomic E-state index is 11.4. The minimum Gasteiger partial charge on any atom is -0.368 e. The molecule has 0 aromatic carbocycles. The summed E-state index contributed by atoms with van der Waals surface area (Å²) in [6.45, 7) is 10.5. The molecule has 5 unspecified atom stereocenters. The van der Waals surface area contributed by atoms with Crippen LogP contribution in [-0.2, 0) is 4.74 Å². The summed E-state index contributed by atoms with van der Waals surface area (Å²) in [6.07, 6.45) is 5.71. The highest BCUT2D eigenvalue weighted by Crippen LogP contribution is 2.36. The van der Waals surface area contributed by atoms with Gasteiger partial charge in [0.2, 0.25) is 6.04 Å². The number of hydrogen-bond acceptors (Lipinski definition) is 3. The van der Waals surface area contributed by atoms with Gasteiger partial charge in [-0.15, -0.1) is 0 Å². The summed E-state index contributed by atoms with van der Waals surface area (Å²) >= 11 is 0. The first-order chi connectivity index (χ1) is 9.86. The van der Waals surface area contributed by atoms with E-state index in [9.17, 15) is 10.1 Å². The van der Waals surface area contributed by atoms with Gasteiger partial charge in [-0.3, -0.25) is 10.1 Å². The molecule has 0 aliphatic heterocycles. The molecule has 2 fully saturated rings. The number of nitrogens with zero attached hydrogens (tertiary/aromatic N) is 1. The average molecular weight is 295 g/mol. The van der Waals surface area contributed by atoms with E-state index in [4.69, 9.17) is 4.74 Å². The van der Waals surface area contributed by atoms with Crippen LogP contribution in [0.4, 0.5) is 0 Å². The predicted octanol–water partition coefficient (Wildman–Crippen LogP) is 4.22. The molecule has 5 atom stereocenters. The van der Waals surface area contributed by atoms with Crippen molar-refractivity contribution < 1.29 is 9.66 Å². The molecular formula is C17H29NO3. The third kappa shape index (κ3) is 4.29. The zero-order chi connectivity index (χ0) is 15.6. The molecule has 0 radical (unpaired) electrons. The molecule has 0 heterocycles. The molecule has 0 N–H and O–H groups in total. The summed E-state index contributed by atoms with van der Waals surface area (Å²) in [5.41, 5.74) is 1.07. The van der Waals surface area contributed by atoms with Crippen LogP contribution in [0.25, 0.3) is 0 Å². The summed E-state index contributed by atoms with van der Waals surface area (Å²) in [5.74, 6) is 1.61. The molecule has 2 rings (SSSR count). The topological polar surface area (TPSA) is 52.4 Å². The van der Waals surface area contributed by atoms with Gasteiger partial charge in [0.1, 0.15) is 6.10 Å². The van der Waals surface area contributed by atoms with E-state index in [1.54, 1.807) is 0 Å². The Morgan fingerprint density at radius 2 is 1.76 bits per heavy atom. The molecule has 4 nitrogen and oxygen atoms in total. The van der Waals surface area contributed by atoms with Crippen molar-refractivity contribution >= 4 is 0 Å². The fraction of sp³-hybridized carbons (Fsp3) is 0.882. The molecule has 0 aromatic heterocycles. The van der Waals surface area contributed by atoms with E-state index >= 15 is 0 Å². The summed E-state index contributed by atoms with van der Waals surface area (Å²) in [6, 6.07) is -0.562. The largest absolute Gasteiger partial charge is 0.368 e. The lowest BCUT2D eigenvalue weighted by molar-refractivity contribution is -0.541. The van der Waals surface area contributed by atoms with E-state index in [-0.39, 0.29) is 23.0 Å². The predicted molar refractivity (Wildman–Crippen MR) is 83.8 cm³/mol. The van der Waals surface area contributed by atoms with Crippen molar-refractivity contribution in [1.29, 1.82) is 0 Å². The van der Waals surface area contributed by atoms with Crippen molar-refractivity contribution in [3.8, 4) is 0 Å². The van der Waals surface area contributed by atoms with Crippen molar-refractivity contribution in [2.24, 2.45) is 17.8 Å². The first kappa shape index (κ1) is 16.5. The molecule has 21 heavy (non-hydrogen) atoms. The highest BCUT2D eigenvalue weighted by molar-refractivity contribution is 5.00. The van der Waals surface area contributed by atoms with Gasteiger partial charge < -0.3 is 4.74 Å². The van der Waals surface area contributed by atoms with Crippen LogP contribution < -0.4 is 0 Å². The van der Waals surface area contributed by atoms with Gasteiger partial charge in [0, 0.05) is 11.3 Å². The smallest absolute Gasteiger partial charge is 0.239 e. The number of allylic oxidation sites excluding steroid dienone is 1. The van der Waals surface area contributed by atoms with E-state index in [0.717, 1.165) is 31.3 Å². The Labute approximate surface area is 128 Å². The van der Waals surface area contributed by atoms with E-state index in [1.165, 1.54) is 6.42 Å². The first-order valence-corrected chi connectivity index (χ1v) is 8.31. The van der Waals surface area contributed by atoms with Gasteiger partial charge in [0.05, 0.1) is 6.10 Å². The zero-order valence-corrected chi connectivity index (χ0v) is 13.6. The SMILES string of the molecule is C=C(C)C1CCC(OC2CC(C)CC(C)C2)C([N+](=O)[O-])C1. The highest BCUT2D eigenvalue weighted by Gasteiger charge is 2.41. The molecular weight excluding hydrogens is 266 g/mol. The van der Waals surface area contributed by atoms with Crippen molar-refractivity contribution in [2.45, 2.75) is 77.5 Å². The van der Waals surface area contributed by atoms with E-state index in [2.05, 4.69) is 20.4 Å². The average Bonchev–Trinajstić information content (AvgIpc) is 2.37. The van der Waals surface area contributed by atoms with Crippen molar-refractivity contribution in [3.63, 3.8) is 0 Å². The molecule has 120 valence electrons. The lowest BCUT2D eigenvalue weighted by Gasteiger charge is -2.37. The lowest BCUT2D eigenvalue weighted by Crippen LogP contribution is -2.44. The molecule has 0 spiro atoms. The van der Waals surface area contributed by atoms with Gasteiger partial charge in [-0.25, -0.2) is 0 Å². The van der Waals surface area contributed by atoms with Crippen molar-refractivity contribution in [2.75, 3.05) is 0 Å². The molecule has 4 heteroatoms. The summed E-state index contributed by atoms with van der Waals surface area (Å²) in [5, 5.41) is 11.4. The number of ether oxygens (including phenoxy) is 1. The second-order valence-electron chi connectivity index (χ2n) is 7.42. The molecule has 2 aliphatic rings. The number of nitro groups is 1. The van der Waals surface area contributed by atoms with Gasteiger partial charge in [-0.05, 0) is 56.8 Å². The highest BCUT2D eigenvalue weighted by atomic mass is 16.6. The van der Waals surface area contributed by atoms with Crippen LogP contribution in [0.5, 0.6) is 0 Å². The third-order valence-corrected chi connectivity index (χ3v) is 5.23. The standard InChI is InChI=1S/C17H29NO3/c1-11(2)14-5-6-17(16(10-14)18(19)20)21-15-8-12(3)7-13(4)9-15/h12-17H,1,5-10H2,2-4H3. The minimum atomic E-state index is -0.562. The Morgan fingerprint density at radius 3 is 2.29 bits per heavy atom. The van der Waals surface area contributed by atoms with Crippen LogP contribution in [-0.4, -0.2) is 23.2 Å². The lowest BCUT2D eigenvalue weighted by atomic mass is 9.79. The number of hydrogen-bond donors (Lipinski definition) is 0. The second-order valence-corrected chi connectivity index (χ2v) is 7.42. The van der Waals surface area contributed by atoms with E-state index in [0.29, 0.717) is 18.3 Å². The van der Waals surface area contributed by atoms with Gasteiger partial charge >= 0.3 is 0 Å². The Morgan fingerprint density at radius 1 is 1.14 bits per heavy atom. The van der Waals surface area contributed by atoms with Crippen LogP contribution in [0.2, 0.25) is 0 Å². The normalized spacial score (nSPS) is 40.7. The van der Waals surface area contributed by atoms with Crippen LogP contribution in [0.1, 0.15) is 59.3 Å². The molecule has 0 saturated heterocycles. The van der Waals surface area contributed by atoms with Crippen LogP contribution in [0.15, 0.2) is 12.2 Å². The Bertz CT molecular complexity index is 385. The fourth-order valence-corrected chi connectivity index (χ4v) is 4.18. The second kappa shape index (κ2) is 6.91. The molecule has 0 aromatic rings. The van der Waals surface area contributed by atoms with Gasteiger partial charge in [-0.2, -0.15) is 0 Å². The van der Waals surface area contributed by atoms with Crippen molar-refractivity contribution in [3.05, 3.63) is 22.3 Å². The molecule has 0 bridgehead atoms. The van der Waals surface area contributed by atoms with Crippen LogP contribution in [0, 0.1) is 27.9 Å². The van der Waals surface area contributed by atoms with Gasteiger partial charge in [0.25, 0.3) is 0 Å². The molecule has 2 saturated carbocycles. The Kier molecular flexibility index (Phi) is 5.42. The summed E-state index contributed by atoms with van der Waals surface area (Å²) in [4.78, 5) is 11.3. The maximum Gasteiger partial charge on any atom is 0.239 e. The summed E-state index contributed by atoms with van der Waals surface area (Å²) in [7, 11) is 0. The summed E-state index contributed by atoms with van der Waals surface area (Å²) < 4.78 is 6.20.